The van der Waals surface area contributed by atoms with Gasteiger partial charge in [0.15, 0.2) is 0 Å². The van der Waals surface area contributed by atoms with Gasteiger partial charge in [-0.1, -0.05) is 15.9 Å². The fraction of sp³-hybridized carbons (Fsp3) is 0.455. The van der Waals surface area contributed by atoms with Crippen LogP contribution < -0.4 is 4.90 Å². The second-order valence-electron chi connectivity index (χ2n) is 3.52. The molecule has 3 nitrogen and oxygen atoms in total. The molecule has 1 rings (SSSR count). The van der Waals surface area contributed by atoms with Crippen LogP contribution in [0.4, 0.5) is 5.69 Å². The van der Waals surface area contributed by atoms with Crippen LogP contribution in [0.1, 0.15) is 18.6 Å². The summed E-state index contributed by atoms with van der Waals surface area (Å²) in [5.41, 5.74) is 1.81. The summed E-state index contributed by atoms with van der Waals surface area (Å²) in [4.78, 5) is 1.93. The largest absolute Gasteiger partial charge is 0.395 e. The number of aliphatic hydroxyl groups is 2. The van der Waals surface area contributed by atoms with Crippen LogP contribution in [0.5, 0.6) is 0 Å². The van der Waals surface area contributed by atoms with Gasteiger partial charge < -0.3 is 15.1 Å². The van der Waals surface area contributed by atoms with E-state index in [0.717, 1.165) is 15.7 Å². The minimum absolute atomic E-state index is 0.103. The molecule has 1 unspecified atom stereocenters. The van der Waals surface area contributed by atoms with Crippen LogP contribution >= 0.6 is 15.9 Å². The first-order valence-corrected chi connectivity index (χ1v) is 5.65. The van der Waals surface area contributed by atoms with Gasteiger partial charge in [-0.25, -0.2) is 0 Å². The van der Waals surface area contributed by atoms with Crippen LogP contribution in [-0.2, 0) is 0 Å². The maximum atomic E-state index is 9.64. The molecule has 0 spiro atoms. The molecule has 1 aromatic carbocycles. The van der Waals surface area contributed by atoms with Crippen LogP contribution in [0.25, 0.3) is 0 Å². The lowest BCUT2D eigenvalue weighted by molar-refractivity contribution is 0.199. The van der Waals surface area contributed by atoms with Gasteiger partial charge in [-0.2, -0.15) is 0 Å². The minimum atomic E-state index is -0.515. The number of aliphatic hydroxyl groups excluding tert-OH is 2. The molecule has 0 aliphatic heterocycles. The Labute approximate surface area is 98.5 Å². The predicted molar refractivity (Wildman–Crippen MR) is 65.1 cm³/mol. The molecule has 0 aromatic heterocycles. The fourth-order valence-electron chi connectivity index (χ4n) is 1.48. The molecular weight excluding hydrogens is 258 g/mol. The second-order valence-corrected chi connectivity index (χ2v) is 4.44. The molecule has 0 saturated carbocycles. The van der Waals surface area contributed by atoms with E-state index in [0.29, 0.717) is 6.54 Å². The quantitative estimate of drug-likeness (QED) is 0.881. The van der Waals surface area contributed by atoms with Crippen LogP contribution in [0, 0.1) is 0 Å². The van der Waals surface area contributed by atoms with Crippen molar-refractivity contribution in [2.45, 2.75) is 13.0 Å². The van der Waals surface area contributed by atoms with Crippen LogP contribution in [-0.4, -0.2) is 30.4 Å². The van der Waals surface area contributed by atoms with Crippen molar-refractivity contribution in [3.63, 3.8) is 0 Å². The lowest BCUT2D eigenvalue weighted by atomic mass is 10.1. The molecule has 15 heavy (non-hydrogen) atoms. The van der Waals surface area contributed by atoms with Crippen LogP contribution in [0.15, 0.2) is 22.7 Å². The Morgan fingerprint density at radius 3 is 2.67 bits per heavy atom. The highest BCUT2D eigenvalue weighted by atomic mass is 79.9. The second kappa shape index (κ2) is 5.49. The van der Waals surface area contributed by atoms with Gasteiger partial charge in [-0.15, -0.1) is 0 Å². The molecular formula is C11H16BrNO2. The number of hydrogen-bond acceptors (Lipinski definition) is 3. The van der Waals surface area contributed by atoms with E-state index < -0.39 is 6.10 Å². The smallest absolute Gasteiger partial charge is 0.0782 e. The zero-order chi connectivity index (χ0) is 11.4. The minimum Gasteiger partial charge on any atom is -0.395 e. The average molecular weight is 274 g/mol. The van der Waals surface area contributed by atoms with E-state index in [-0.39, 0.29) is 6.61 Å². The molecule has 0 fully saturated rings. The van der Waals surface area contributed by atoms with Gasteiger partial charge in [0.05, 0.1) is 12.7 Å². The number of halogens is 1. The molecule has 0 radical (unpaired) electrons. The summed E-state index contributed by atoms with van der Waals surface area (Å²) in [6.07, 6.45) is -0.515. The van der Waals surface area contributed by atoms with Crippen molar-refractivity contribution in [3.05, 3.63) is 28.2 Å². The Bertz CT molecular complexity index is 328. The summed E-state index contributed by atoms with van der Waals surface area (Å²) in [6.45, 7) is 2.39. The molecule has 84 valence electrons. The van der Waals surface area contributed by atoms with Crippen molar-refractivity contribution >= 4 is 21.6 Å². The highest BCUT2D eigenvalue weighted by Crippen LogP contribution is 2.28. The van der Waals surface area contributed by atoms with Gasteiger partial charge in [0, 0.05) is 29.3 Å². The molecule has 0 heterocycles. The Hall–Kier alpha value is -0.580. The maximum absolute atomic E-state index is 9.64. The molecule has 0 aliphatic carbocycles. The van der Waals surface area contributed by atoms with Crippen molar-refractivity contribution in [2.24, 2.45) is 0 Å². The number of nitrogens with zero attached hydrogens (tertiary/aromatic N) is 1. The van der Waals surface area contributed by atoms with Crippen molar-refractivity contribution in [2.75, 3.05) is 25.1 Å². The number of benzene rings is 1. The van der Waals surface area contributed by atoms with E-state index in [9.17, 15) is 5.11 Å². The molecule has 2 N–H and O–H groups in total. The summed E-state index contributed by atoms with van der Waals surface area (Å²) in [6, 6.07) is 5.75. The predicted octanol–water partition coefficient (Wildman–Crippen LogP) is 1.93. The zero-order valence-corrected chi connectivity index (χ0v) is 10.5. The number of anilines is 1. The Morgan fingerprint density at radius 2 is 2.13 bits per heavy atom. The van der Waals surface area contributed by atoms with Crippen molar-refractivity contribution in [1.82, 2.24) is 0 Å². The van der Waals surface area contributed by atoms with E-state index >= 15 is 0 Å². The first-order chi connectivity index (χ1) is 7.06. The van der Waals surface area contributed by atoms with Crippen LogP contribution in [0.3, 0.4) is 0 Å². The maximum Gasteiger partial charge on any atom is 0.0782 e. The summed E-state index contributed by atoms with van der Waals surface area (Å²) >= 11 is 3.37. The molecule has 0 saturated heterocycles. The zero-order valence-electron chi connectivity index (χ0n) is 8.94. The van der Waals surface area contributed by atoms with Gasteiger partial charge in [-0.05, 0) is 25.1 Å². The molecule has 1 atom stereocenters. The van der Waals surface area contributed by atoms with Gasteiger partial charge in [0.25, 0.3) is 0 Å². The van der Waals surface area contributed by atoms with E-state index in [1.807, 2.05) is 30.1 Å². The molecule has 4 heteroatoms. The summed E-state index contributed by atoms with van der Waals surface area (Å²) in [5.74, 6) is 0. The van der Waals surface area contributed by atoms with Gasteiger partial charge in [0.2, 0.25) is 0 Å². The normalized spacial score (nSPS) is 12.6. The van der Waals surface area contributed by atoms with Crippen LogP contribution in [0.2, 0.25) is 0 Å². The van der Waals surface area contributed by atoms with E-state index in [4.69, 9.17) is 5.11 Å². The van der Waals surface area contributed by atoms with Gasteiger partial charge in [-0.3, -0.25) is 0 Å². The van der Waals surface area contributed by atoms with Crippen molar-refractivity contribution in [3.8, 4) is 0 Å². The third kappa shape index (κ3) is 3.19. The van der Waals surface area contributed by atoms with Gasteiger partial charge in [0.1, 0.15) is 0 Å². The Balaban J connectivity index is 3.05. The molecule has 0 aliphatic rings. The van der Waals surface area contributed by atoms with Crippen molar-refractivity contribution in [1.29, 1.82) is 0 Å². The third-order valence-electron chi connectivity index (χ3n) is 2.29. The number of hydrogen-bond donors (Lipinski definition) is 2. The SMILES string of the molecule is CC(O)c1cc(Br)ccc1N(C)CCO. The van der Waals surface area contributed by atoms with Gasteiger partial charge >= 0.3 is 0 Å². The number of rotatable bonds is 4. The summed E-state index contributed by atoms with van der Waals surface area (Å²) < 4.78 is 0.944. The topological polar surface area (TPSA) is 43.7 Å². The molecule has 0 bridgehead atoms. The van der Waals surface area contributed by atoms with E-state index in [2.05, 4.69) is 15.9 Å². The molecule has 1 aromatic rings. The standard InChI is InChI=1S/C11H16BrNO2/c1-8(15)10-7-9(12)3-4-11(10)13(2)5-6-14/h3-4,7-8,14-15H,5-6H2,1-2H3. The van der Waals surface area contributed by atoms with E-state index in [1.54, 1.807) is 6.92 Å². The summed E-state index contributed by atoms with van der Waals surface area (Å²) in [5, 5.41) is 18.5. The first-order valence-electron chi connectivity index (χ1n) is 4.85. The first kappa shape index (κ1) is 12.5. The lowest BCUT2D eigenvalue weighted by Gasteiger charge is -2.23. The highest BCUT2D eigenvalue weighted by Gasteiger charge is 2.11. The third-order valence-corrected chi connectivity index (χ3v) is 2.78. The number of likely N-dealkylation sites (N-methyl/N-ethyl adjacent to an activating group) is 1. The van der Waals surface area contributed by atoms with Crippen molar-refractivity contribution < 1.29 is 10.2 Å². The Kier molecular flexibility index (Phi) is 4.57. The fourth-order valence-corrected chi connectivity index (χ4v) is 1.86. The lowest BCUT2D eigenvalue weighted by Crippen LogP contribution is -2.22. The van der Waals surface area contributed by atoms with E-state index in [1.165, 1.54) is 0 Å². The monoisotopic (exact) mass is 273 g/mol. The summed E-state index contributed by atoms with van der Waals surface area (Å²) in [7, 11) is 1.89. The molecule has 0 amide bonds. The Morgan fingerprint density at radius 1 is 1.47 bits per heavy atom. The highest BCUT2D eigenvalue weighted by molar-refractivity contribution is 9.10. The average Bonchev–Trinajstić information content (AvgIpc) is 2.17.